The van der Waals surface area contributed by atoms with Gasteiger partial charge in [0.15, 0.2) is 0 Å². The second-order valence-electron chi connectivity index (χ2n) is 8.63. The topological polar surface area (TPSA) is 73.0 Å². The lowest BCUT2D eigenvalue weighted by Gasteiger charge is -2.28. The van der Waals surface area contributed by atoms with E-state index in [0.29, 0.717) is 26.1 Å². The molecule has 0 aliphatic carbocycles. The molecule has 0 saturated carbocycles. The van der Waals surface area contributed by atoms with Crippen LogP contribution in [0.4, 0.5) is 15.8 Å². The first kappa shape index (κ1) is 23.7. The molecule has 0 spiro atoms. The molecule has 2 saturated heterocycles. The van der Waals surface area contributed by atoms with Gasteiger partial charge in [-0.2, -0.15) is 4.31 Å². The first-order chi connectivity index (χ1) is 15.9. The van der Waals surface area contributed by atoms with E-state index in [1.807, 2.05) is 29.2 Å². The number of hydrogen-bond acceptors (Lipinski definition) is 5. The van der Waals surface area contributed by atoms with Gasteiger partial charge in [-0.25, -0.2) is 12.8 Å². The van der Waals surface area contributed by atoms with Crippen LogP contribution in [0.1, 0.15) is 25.7 Å². The zero-order chi connectivity index (χ0) is 23.3. The standard InChI is InChI=1S/C24H31FN4O3S/c25-20-5-11-23(12-6-20)33(31,32)29-16-4-13-27(17-18-29)19-24(30)26-21-7-9-22(10-8-21)28-14-2-1-3-15-28/h5-12H,1-4,13-19H2,(H,26,30). The lowest BCUT2D eigenvalue weighted by molar-refractivity contribution is -0.117. The first-order valence-corrected chi connectivity index (χ1v) is 13.0. The number of hydrogen-bond donors (Lipinski definition) is 1. The summed E-state index contributed by atoms with van der Waals surface area (Å²) in [5.41, 5.74) is 1.94. The molecule has 2 aromatic carbocycles. The Kier molecular flexibility index (Phi) is 7.62. The fourth-order valence-corrected chi connectivity index (χ4v) is 5.88. The van der Waals surface area contributed by atoms with Crippen molar-refractivity contribution in [1.82, 2.24) is 9.21 Å². The third kappa shape index (κ3) is 6.10. The van der Waals surface area contributed by atoms with E-state index < -0.39 is 15.8 Å². The van der Waals surface area contributed by atoms with Crippen LogP contribution in [0.2, 0.25) is 0 Å². The zero-order valence-electron chi connectivity index (χ0n) is 18.7. The minimum absolute atomic E-state index is 0.0862. The fraction of sp³-hybridized carbons (Fsp3) is 0.458. The summed E-state index contributed by atoms with van der Waals surface area (Å²) in [6.07, 6.45) is 4.35. The van der Waals surface area contributed by atoms with Crippen LogP contribution in [0.15, 0.2) is 53.4 Å². The lowest BCUT2D eigenvalue weighted by atomic mass is 10.1. The number of piperidine rings is 1. The van der Waals surface area contributed by atoms with Crippen LogP contribution in [0.25, 0.3) is 0 Å². The van der Waals surface area contributed by atoms with E-state index in [1.54, 1.807) is 0 Å². The predicted molar refractivity (Wildman–Crippen MR) is 127 cm³/mol. The van der Waals surface area contributed by atoms with Crippen LogP contribution >= 0.6 is 0 Å². The summed E-state index contributed by atoms with van der Waals surface area (Å²) in [4.78, 5) is 17.0. The number of rotatable bonds is 6. The molecule has 2 aromatic rings. The minimum atomic E-state index is -3.68. The van der Waals surface area contributed by atoms with E-state index >= 15 is 0 Å². The van der Waals surface area contributed by atoms with Crippen molar-refractivity contribution in [2.45, 2.75) is 30.6 Å². The van der Waals surface area contributed by atoms with Crippen molar-refractivity contribution in [2.75, 3.05) is 56.0 Å². The molecular formula is C24H31FN4O3S. The number of amides is 1. The number of nitrogens with one attached hydrogen (secondary N) is 1. The molecule has 1 N–H and O–H groups in total. The van der Waals surface area contributed by atoms with Gasteiger partial charge in [-0.1, -0.05) is 0 Å². The molecule has 2 aliphatic rings. The number of sulfonamides is 1. The van der Waals surface area contributed by atoms with Crippen LogP contribution in [-0.4, -0.2) is 69.3 Å². The molecule has 4 rings (SSSR count). The van der Waals surface area contributed by atoms with Gasteiger partial charge in [-0.3, -0.25) is 9.69 Å². The van der Waals surface area contributed by atoms with Crippen molar-refractivity contribution in [1.29, 1.82) is 0 Å². The van der Waals surface area contributed by atoms with Crippen molar-refractivity contribution in [2.24, 2.45) is 0 Å². The summed E-state index contributed by atoms with van der Waals surface area (Å²) in [6, 6.07) is 12.8. The van der Waals surface area contributed by atoms with E-state index in [4.69, 9.17) is 0 Å². The monoisotopic (exact) mass is 474 g/mol. The normalized spacial score (nSPS) is 18.6. The molecule has 2 fully saturated rings. The maximum Gasteiger partial charge on any atom is 0.243 e. The Labute approximate surface area is 195 Å². The van der Waals surface area contributed by atoms with Gasteiger partial charge < -0.3 is 10.2 Å². The highest BCUT2D eigenvalue weighted by molar-refractivity contribution is 7.89. The highest BCUT2D eigenvalue weighted by Crippen LogP contribution is 2.22. The Balaban J connectivity index is 1.29. The Bertz CT molecular complexity index is 1040. The summed E-state index contributed by atoms with van der Waals surface area (Å²) in [5.74, 6) is -0.585. The smallest absolute Gasteiger partial charge is 0.243 e. The highest BCUT2D eigenvalue weighted by Gasteiger charge is 2.27. The van der Waals surface area contributed by atoms with Crippen molar-refractivity contribution >= 4 is 27.3 Å². The molecule has 1 amide bonds. The number of carbonyl (C=O) groups is 1. The number of benzene rings is 2. The molecule has 33 heavy (non-hydrogen) atoms. The van der Waals surface area contributed by atoms with Gasteiger partial charge in [-0.15, -0.1) is 0 Å². The maximum atomic E-state index is 13.2. The summed E-state index contributed by atoms with van der Waals surface area (Å²) >= 11 is 0. The minimum Gasteiger partial charge on any atom is -0.372 e. The second kappa shape index (κ2) is 10.6. The van der Waals surface area contributed by atoms with Gasteiger partial charge in [-0.05, 0) is 80.8 Å². The van der Waals surface area contributed by atoms with Gasteiger partial charge >= 0.3 is 0 Å². The van der Waals surface area contributed by atoms with Crippen molar-refractivity contribution < 1.29 is 17.6 Å². The Hall–Kier alpha value is -2.49. The number of carbonyl (C=O) groups excluding carboxylic acids is 1. The average Bonchev–Trinajstić information content (AvgIpc) is 3.06. The number of anilines is 2. The Morgan fingerprint density at radius 1 is 0.818 bits per heavy atom. The lowest BCUT2D eigenvalue weighted by Crippen LogP contribution is -2.38. The Morgan fingerprint density at radius 3 is 2.21 bits per heavy atom. The maximum absolute atomic E-state index is 13.2. The van der Waals surface area contributed by atoms with Crippen LogP contribution in [-0.2, 0) is 14.8 Å². The number of halogens is 1. The quantitative estimate of drug-likeness (QED) is 0.696. The first-order valence-electron chi connectivity index (χ1n) is 11.5. The predicted octanol–water partition coefficient (Wildman–Crippen LogP) is 3.15. The molecule has 0 unspecified atom stereocenters. The molecule has 7 nitrogen and oxygen atoms in total. The van der Waals surface area contributed by atoms with Crippen LogP contribution in [0.5, 0.6) is 0 Å². The average molecular weight is 475 g/mol. The van der Waals surface area contributed by atoms with E-state index in [2.05, 4.69) is 10.2 Å². The summed E-state index contributed by atoms with van der Waals surface area (Å²) in [6.45, 7) is 4.12. The summed E-state index contributed by atoms with van der Waals surface area (Å²) in [5, 5.41) is 2.95. The molecule has 178 valence electrons. The zero-order valence-corrected chi connectivity index (χ0v) is 19.6. The van der Waals surface area contributed by atoms with Gasteiger partial charge in [0.25, 0.3) is 0 Å². The highest BCUT2D eigenvalue weighted by atomic mass is 32.2. The fourth-order valence-electron chi connectivity index (χ4n) is 4.41. The second-order valence-corrected chi connectivity index (χ2v) is 10.6. The van der Waals surface area contributed by atoms with Gasteiger partial charge in [0.1, 0.15) is 5.82 Å². The van der Waals surface area contributed by atoms with Crippen molar-refractivity contribution in [3.05, 3.63) is 54.3 Å². The van der Waals surface area contributed by atoms with Crippen LogP contribution in [0.3, 0.4) is 0 Å². The SMILES string of the molecule is O=C(CN1CCCN(S(=O)(=O)c2ccc(F)cc2)CC1)Nc1ccc(N2CCCCC2)cc1. The molecule has 2 aliphatic heterocycles. The van der Waals surface area contributed by atoms with Crippen LogP contribution < -0.4 is 10.2 Å². The van der Waals surface area contributed by atoms with E-state index in [-0.39, 0.29) is 23.9 Å². The van der Waals surface area contributed by atoms with Gasteiger partial charge in [0.05, 0.1) is 11.4 Å². The van der Waals surface area contributed by atoms with E-state index in [1.165, 1.54) is 41.4 Å². The molecule has 9 heteroatoms. The Morgan fingerprint density at radius 2 is 1.52 bits per heavy atom. The molecular weight excluding hydrogens is 443 g/mol. The third-order valence-electron chi connectivity index (χ3n) is 6.24. The molecule has 2 heterocycles. The van der Waals surface area contributed by atoms with Crippen molar-refractivity contribution in [3.8, 4) is 0 Å². The number of nitrogens with zero attached hydrogens (tertiary/aromatic N) is 3. The molecule has 0 aromatic heterocycles. The summed E-state index contributed by atoms with van der Waals surface area (Å²) < 4.78 is 40.3. The van der Waals surface area contributed by atoms with Gasteiger partial charge in [0.2, 0.25) is 15.9 Å². The van der Waals surface area contributed by atoms with Crippen molar-refractivity contribution in [3.63, 3.8) is 0 Å². The van der Waals surface area contributed by atoms with E-state index in [9.17, 15) is 17.6 Å². The third-order valence-corrected chi connectivity index (χ3v) is 8.15. The largest absolute Gasteiger partial charge is 0.372 e. The van der Waals surface area contributed by atoms with Gasteiger partial charge in [0, 0.05) is 44.1 Å². The molecule has 0 radical (unpaired) electrons. The summed E-state index contributed by atoms with van der Waals surface area (Å²) in [7, 11) is -3.68. The molecule has 0 atom stereocenters. The molecule has 0 bridgehead atoms. The van der Waals surface area contributed by atoms with E-state index in [0.717, 1.165) is 30.9 Å². The van der Waals surface area contributed by atoms with Crippen LogP contribution in [0, 0.1) is 5.82 Å².